The van der Waals surface area contributed by atoms with E-state index in [0.717, 1.165) is 38.9 Å². The third kappa shape index (κ3) is 37.8. The standard InChI is InChI=1S/C34H71NO4/c36-31-27-23-19-15-11-7-3-1-5-9-13-17-21-25-29-33-38-35-39-34-30-26-22-18-14-10-6-2-4-8-12-16-20-24-28-32-37/h35-37H,1-34H2. The highest BCUT2D eigenvalue weighted by Crippen LogP contribution is 2.14. The normalized spacial score (nSPS) is 11.5. The van der Waals surface area contributed by atoms with Gasteiger partial charge >= 0.3 is 0 Å². The first-order valence-electron chi connectivity index (χ1n) is 17.6. The van der Waals surface area contributed by atoms with Crippen molar-refractivity contribution in [3.8, 4) is 0 Å². The van der Waals surface area contributed by atoms with E-state index in [4.69, 9.17) is 19.9 Å². The Balaban J connectivity index is 3.01. The first-order chi connectivity index (χ1) is 19.4. The van der Waals surface area contributed by atoms with E-state index in [2.05, 4.69) is 5.64 Å². The van der Waals surface area contributed by atoms with Gasteiger partial charge in [-0.25, -0.2) is 0 Å². The average Bonchev–Trinajstić information content (AvgIpc) is 2.95. The van der Waals surface area contributed by atoms with Crippen LogP contribution in [0.2, 0.25) is 0 Å². The van der Waals surface area contributed by atoms with Gasteiger partial charge < -0.3 is 10.2 Å². The average molecular weight is 558 g/mol. The summed E-state index contributed by atoms with van der Waals surface area (Å²) in [6.07, 6.45) is 39.3. The van der Waals surface area contributed by atoms with E-state index in [1.54, 1.807) is 0 Å². The summed E-state index contributed by atoms with van der Waals surface area (Å²) in [5.41, 5.74) is 2.67. The molecule has 0 aromatic rings. The van der Waals surface area contributed by atoms with Crippen LogP contribution in [-0.2, 0) is 9.68 Å². The van der Waals surface area contributed by atoms with Crippen molar-refractivity contribution in [2.24, 2.45) is 0 Å². The highest BCUT2D eigenvalue weighted by molar-refractivity contribution is 4.51. The Bertz CT molecular complexity index is 375. The van der Waals surface area contributed by atoms with Crippen LogP contribution in [0, 0.1) is 0 Å². The molecule has 0 saturated carbocycles. The molecule has 3 N–H and O–H groups in total. The van der Waals surface area contributed by atoms with Crippen LogP contribution >= 0.6 is 0 Å². The van der Waals surface area contributed by atoms with E-state index < -0.39 is 0 Å². The van der Waals surface area contributed by atoms with Crippen LogP contribution in [-0.4, -0.2) is 36.6 Å². The summed E-state index contributed by atoms with van der Waals surface area (Å²) in [5, 5.41) is 17.5. The Kier molecular flexibility index (Phi) is 37.6. The second-order valence-electron chi connectivity index (χ2n) is 11.8. The Morgan fingerprint density at radius 2 is 0.436 bits per heavy atom. The maximum atomic E-state index is 8.77. The molecule has 0 aromatic heterocycles. The van der Waals surface area contributed by atoms with E-state index in [0.29, 0.717) is 13.2 Å². The second kappa shape index (κ2) is 37.8. The van der Waals surface area contributed by atoms with Crippen LogP contribution in [0.3, 0.4) is 0 Å². The number of unbranched alkanes of at least 4 members (excludes halogenated alkanes) is 28. The van der Waals surface area contributed by atoms with Crippen molar-refractivity contribution in [3.63, 3.8) is 0 Å². The number of aliphatic hydroxyl groups excluding tert-OH is 2. The third-order valence-electron chi connectivity index (χ3n) is 7.93. The number of aliphatic hydroxyl groups is 2. The van der Waals surface area contributed by atoms with Crippen LogP contribution in [0.5, 0.6) is 0 Å². The molecule has 0 rings (SSSR count). The molecule has 0 amide bonds. The maximum Gasteiger partial charge on any atom is 0.0709 e. The van der Waals surface area contributed by atoms with Crippen molar-refractivity contribution in [1.29, 1.82) is 0 Å². The van der Waals surface area contributed by atoms with Crippen LogP contribution in [0.4, 0.5) is 0 Å². The lowest BCUT2D eigenvalue weighted by Crippen LogP contribution is -2.16. The van der Waals surface area contributed by atoms with Crippen molar-refractivity contribution in [3.05, 3.63) is 0 Å². The second-order valence-corrected chi connectivity index (χ2v) is 11.8. The molecule has 5 nitrogen and oxygen atoms in total. The smallest absolute Gasteiger partial charge is 0.0709 e. The molecular weight excluding hydrogens is 486 g/mol. The van der Waals surface area contributed by atoms with Crippen molar-refractivity contribution < 1.29 is 19.9 Å². The highest BCUT2D eigenvalue weighted by atomic mass is 16.9. The fraction of sp³-hybridized carbons (Fsp3) is 1.00. The largest absolute Gasteiger partial charge is 0.396 e. The van der Waals surface area contributed by atoms with Gasteiger partial charge in [-0.05, 0) is 25.7 Å². The minimum Gasteiger partial charge on any atom is -0.396 e. The Morgan fingerprint density at radius 3 is 0.641 bits per heavy atom. The first-order valence-corrected chi connectivity index (χ1v) is 17.6. The molecule has 0 aliphatic carbocycles. The monoisotopic (exact) mass is 558 g/mol. The molecule has 0 radical (unpaired) electrons. The molecule has 0 atom stereocenters. The summed E-state index contributed by atoms with van der Waals surface area (Å²) in [7, 11) is 0. The van der Waals surface area contributed by atoms with Gasteiger partial charge in [0.2, 0.25) is 0 Å². The molecule has 0 heterocycles. The van der Waals surface area contributed by atoms with Crippen molar-refractivity contribution in [1.82, 2.24) is 5.64 Å². The van der Waals surface area contributed by atoms with Gasteiger partial charge in [-0.2, -0.15) is 0 Å². The summed E-state index contributed by atoms with van der Waals surface area (Å²) in [4.78, 5) is 10.8. The van der Waals surface area contributed by atoms with Gasteiger partial charge in [0.05, 0.1) is 13.2 Å². The van der Waals surface area contributed by atoms with E-state index in [1.165, 1.54) is 167 Å². The number of hydrogen-bond acceptors (Lipinski definition) is 5. The van der Waals surface area contributed by atoms with Gasteiger partial charge in [-0.15, -0.1) is 0 Å². The van der Waals surface area contributed by atoms with Gasteiger partial charge in [-0.3, -0.25) is 9.68 Å². The van der Waals surface area contributed by atoms with E-state index >= 15 is 0 Å². The van der Waals surface area contributed by atoms with E-state index in [-0.39, 0.29) is 0 Å². The summed E-state index contributed by atoms with van der Waals surface area (Å²) >= 11 is 0. The van der Waals surface area contributed by atoms with E-state index in [9.17, 15) is 0 Å². The molecule has 5 heteroatoms. The molecule has 0 aliphatic rings. The number of nitrogens with one attached hydrogen (secondary N) is 1. The van der Waals surface area contributed by atoms with Gasteiger partial charge in [0.15, 0.2) is 0 Å². The summed E-state index contributed by atoms with van der Waals surface area (Å²) < 4.78 is 0. The van der Waals surface area contributed by atoms with Crippen molar-refractivity contribution >= 4 is 0 Å². The van der Waals surface area contributed by atoms with Crippen LogP contribution < -0.4 is 5.64 Å². The Hall–Kier alpha value is -0.200. The minimum absolute atomic E-state index is 0.358. The minimum atomic E-state index is 0.358. The van der Waals surface area contributed by atoms with Crippen molar-refractivity contribution in [2.75, 3.05) is 26.4 Å². The van der Waals surface area contributed by atoms with Gasteiger partial charge in [0.1, 0.15) is 0 Å². The first kappa shape index (κ1) is 38.8. The highest BCUT2D eigenvalue weighted by Gasteiger charge is 1.97. The zero-order valence-electron chi connectivity index (χ0n) is 26.3. The molecule has 236 valence electrons. The molecule has 0 saturated heterocycles. The molecular formula is C34H71NO4. The molecule has 0 spiro atoms. The summed E-state index contributed by atoms with van der Waals surface area (Å²) in [6.45, 7) is 2.20. The predicted octanol–water partition coefficient (Wildman–Crippen LogP) is 10.1. The molecule has 39 heavy (non-hydrogen) atoms. The van der Waals surface area contributed by atoms with Gasteiger partial charge in [0.25, 0.3) is 0 Å². The fourth-order valence-electron chi connectivity index (χ4n) is 5.29. The zero-order valence-corrected chi connectivity index (χ0v) is 26.3. The molecule has 0 fully saturated rings. The lowest BCUT2D eigenvalue weighted by molar-refractivity contribution is -0.171. The summed E-state index contributed by atoms with van der Waals surface area (Å²) in [6, 6.07) is 0. The zero-order chi connectivity index (χ0) is 28.2. The van der Waals surface area contributed by atoms with E-state index in [1.807, 2.05) is 0 Å². The lowest BCUT2D eigenvalue weighted by Gasteiger charge is -2.07. The van der Waals surface area contributed by atoms with Crippen LogP contribution in [0.1, 0.15) is 193 Å². The molecule has 0 bridgehead atoms. The lowest BCUT2D eigenvalue weighted by atomic mass is 10.0. The number of rotatable bonds is 36. The van der Waals surface area contributed by atoms with Crippen LogP contribution in [0.15, 0.2) is 0 Å². The Morgan fingerprint density at radius 1 is 0.256 bits per heavy atom. The van der Waals surface area contributed by atoms with Gasteiger partial charge in [-0.1, -0.05) is 173 Å². The quantitative estimate of drug-likeness (QED) is 0.0528. The third-order valence-corrected chi connectivity index (χ3v) is 7.93. The topological polar surface area (TPSA) is 71.0 Å². The number of hydrogen-bond donors (Lipinski definition) is 3. The predicted molar refractivity (Wildman–Crippen MR) is 168 cm³/mol. The molecule has 0 aromatic carbocycles. The van der Waals surface area contributed by atoms with Crippen LogP contribution in [0.25, 0.3) is 0 Å². The SMILES string of the molecule is OCCCCCCCCCCCCCCCCCONOCCCCCCCCCCCCCCCCCO. The fourth-order valence-corrected chi connectivity index (χ4v) is 5.29. The maximum absolute atomic E-state index is 8.77. The molecule has 0 aliphatic heterocycles. The summed E-state index contributed by atoms with van der Waals surface area (Å²) in [5.74, 6) is 0. The van der Waals surface area contributed by atoms with Gasteiger partial charge in [0, 0.05) is 13.2 Å². The van der Waals surface area contributed by atoms with Crippen molar-refractivity contribution in [2.45, 2.75) is 193 Å². The molecule has 0 unspecified atom stereocenters. The Labute approximate surface area is 244 Å².